The van der Waals surface area contributed by atoms with Crippen LogP contribution in [0.15, 0.2) is 35.4 Å². The smallest absolute Gasteiger partial charge is 0.242 e. The maximum Gasteiger partial charge on any atom is 0.242 e. The lowest BCUT2D eigenvalue weighted by Gasteiger charge is -2.08. The summed E-state index contributed by atoms with van der Waals surface area (Å²) in [5.74, 6) is 0. The first-order valence-electron chi connectivity index (χ1n) is 6.10. The van der Waals surface area contributed by atoms with Gasteiger partial charge in [-0.05, 0) is 24.3 Å². The van der Waals surface area contributed by atoms with Crippen molar-refractivity contribution < 1.29 is 8.42 Å². The number of nitrogens with zero attached hydrogens (tertiary/aromatic N) is 3. The molecule has 1 heterocycles. The average molecular weight is 325 g/mol. The fraction of sp³-hybridized carbons (Fsp3) is 0.231. The summed E-state index contributed by atoms with van der Waals surface area (Å²) in [7, 11) is -1.96. The van der Waals surface area contributed by atoms with Gasteiger partial charge in [0, 0.05) is 26.2 Å². The molecule has 2 rings (SSSR count). The molecule has 1 N–H and O–H groups in total. The van der Waals surface area contributed by atoms with Crippen LogP contribution in [0.1, 0.15) is 11.3 Å². The highest BCUT2D eigenvalue weighted by Crippen LogP contribution is 2.22. The first kappa shape index (κ1) is 15.5. The molecule has 0 saturated carbocycles. The van der Waals surface area contributed by atoms with Gasteiger partial charge >= 0.3 is 0 Å². The number of nitriles is 1. The van der Waals surface area contributed by atoms with Crippen LogP contribution in [0.5, 0.6) is 0 Å². The molecule has 0 radical (unpaired) electrons. The van der Waals surface area contributed by atoms with Gasteiger partial charge in [0.2, 0.25) is 10.0 Å². The van der Waals surface area contributed by atoms with Crippen molar-refractivity contribution in [3.8, 4) is 6.07 Å². The van der Waals surface area contributed by atoms with E-state index in [4.69, 9.17) is 16.9 Å². The van der Waals surface area contributed by atoms with Gasteiger partial charge in [0.25, 0.3) is 0 Å². The summed E-state index contributed by atoms with van der Waals surface area (Å²) < 4.78 is 28.5. The van der Waals surface area contributed by atoms with Crippen LogP contribution in [0, 0.1) is 11.3 Å². The van der Waals surface area contributed by atoms with E-state index >= 15 is 0 Å². The molecular weight excluding hydrogens is 312 g/mol. The number of aryl methyl sites for hydroxylation is 1. The third-order valence-electron chi connectivity index (χ3n) is 2.79. The van der Waals surface area contributed by atoms with Crippen LogP contribution < -0.4 is 4.72 Å². The highest BCUT2D eigenvalue weighted by molar-refractivity contribution is 7.89. The number of hydrogen-bond donors (Lipinski definition) is 1. The van der Waals surface area contributed by atoms with Crippen LogP contribution in [0.25, 0.3) is 0 Å². The van der Waals surface area contributed by atoms with E-state index in [1.54, 1.807) is 17.9 Å². The van der Waals surface area contributed by atoms with E-state index in [0.717, 1.165) is 5.69 Å². The zero-order valence-electron chi connectivity index (χ0n) is 11.2. The number of nitrogens with one attached hydrogen (secondary N) is 1. The molecule has 0 spiro atoms. The molecule has 1 aromatic carbocycles. The van der Waals surface area contributed by atoms with Crippen LogP contribution in [0.3, 0.4) is 0 Å². The second-order valence-electron chi connectivity index (χ2n) is 4.39. The molecule has 1 aromatic heterocycles. The SMILES string of the molecule is Cn1ccc(CCNS(=O)(=O)c2cc(C#N)ccc2Cl)n1. The van der Waals surface area contributed by atoms with Crippen molar-refractivity contribution in [2.45, 2.75) is 11.3 Å². The monoisotopic (exact) mass is 324 g/mol. The zero-order chi connectivity index (χ0) is 15.5. The predicted molar refractivity (Wildman–Crippen MR) is 78.3 cm³/mol. The molecule has 0 aliphatic heterocycles. The molecule has 21 heavy (non-hydrogen) atoms. The minimum Gasteiger partial charge on any atom is -0.276 e. The second-order valence-corrected chi connectivity index (χ2v) is 6.53. The van der Waals surface area contributed by atoms with E-state index in [2.05, 4.69) is 9.82 Å². The molecule has 0 atom stereocenters. The first-order valence-corrected chi connectivity index (χ1v) is 7.96. The summed E-state index contributed by atoms with van der Waals surface area (Å²) in [5.41, 5.74) is 1.03. The molecule has 8 heteroatoms. The van der Waals surface area contributed by atoms with E-state index in [1.165, 1.54) is 18.2 Å². The van der Waals surface area contributed by atoms with Crippen molar-refractivity contribution in [3.63, 3.8) is 0 Å². The van der Waals surface area contributed by atoms with Crippen molar-refractivity contribution in [3.05, 3.63) is 46.7 Å². The van der Waals surface area contributed by atoms with Gasteiger partial charge in [-0.2, -0.15) is 10.4 Å². The summed E-state index contributed by atoms with van der Waals surface area (Å²) in [5, 5.41) is 13.1. The molecule has 0 amide bonds. The highest BCUT2D eigenvalue weighted by Gasteiger charge is 2.18. The van der Waals surface area contributed by atoms with E-state index in [9.17, 15) is 8.42 Å². The Kier molecular flexibility index (Phi) is 4.63. The quantitative estimate of drug-likeness (QED) is 0.902. The van der Waals surface area contributed by atoms with Crippen LogP contribution in [0.4, 0.5) is 0 Å². The van der Waals surface area contributed by atoms with Crippen LogP contribution in [-0.4, -0.2) is 24.7 Å². The van der Waals surface area contributed by atoms with E-state index in [0.29, 0.717) is 6.42 Å². The van der Waals surface area contributed by atoms with Gasteiger partial charge in [-0.3, -0.25) is 4.68 Å². The molecule has 2 aromatic rings. The minimum atomic E-state index is -3.75. The highest BCUT2D eigenvalue weighted by atomic mass is 35.5. The standard InChI is InChI=1S/C13H13ClN4O2S/c1-18-7-5-11(17-18)4-6-16-21(19,20)13-8-10(9-15)2-3-12(13)14/h2-3,5,7-8,16H,4,6H2,1H3. The third-order valence-corrected chi connectivity index (χ3v) is 4.73. The van der Waals surface area contributed by atoms with Gasteiger partial charge in [0.15, 0.2) is 0 Å². The van der Waals surface area contributed by atoms with Crippen molar-refractivity contribution in [2.75, 3.05) is 6.54 Å². The average Bonchev–Trinajstić information content (AvgIpc) is 2.84. The summed E-state index contributed by atoms with van der Waals surface area (Å²) in [6, 6.07) is 7.82. The number of sulfonamides is 1. The Morgan fingerprint density at radius 1 is 1.43 bits per heavy atom. The molecule has 6 nitrogen and oxygen atoms in total. The molecule has 0 saturated heterocycles. The van der Waals surface area contributed by atoms with E-state index in [-0.39, 0.29) is 22.0 Å². The van der Waals surface area contributed by atoms with Gasteiger partial charge in [-0.1, -0.05) is 11.6 Å². The van der Waals surface area contributed by atoms with Crippen molar-refractivity contribution in [1.29, 1.82) is 5.26 Å². The normalized spacial score (nSPS) is 11.3. The number of benzene rings is 1. The number of hydrogen-bond acceptors (Lipinski definition) is 4. The van der Waals surface area contributed by atoms with Crippen molar-refractivity contribution in [1.82, 2.24) is 14.5 Å². The molecule has 110 valence electrons. The Morgan fingerprint density at radius 3 is 2.81 bits per heavy atom. The van der Waals surface area contributed by atoms with Gasteiger partial charge in [0.1, 0.15) is 4.90 Å². The van der Waals surface area contributed by atoms with Crippen molar-refractivity contribution >= 4 is 21.6 Å². The third kappa shape index (κ3) is 3.82. The van der Waals surface area contributed by atoms with Crippen molar-refractivity contribution in [2.24, 2.45) is 7.05 Å². The first-order chi connectivity index (χ1) is 9.92. The second kappa shape index (κ2) is 6.26. The maximum atomic E-state index is 12.2. The largest absolute Gasteiger partial charge is 0.276 e. The Balaban J connectivity index is 2.10. The molecule has 0 fully saturated rings. The van der Waals surface area contributed by atoms with E-state index < -0.39 is 10.0 Å². The molecule has 0 bridgehead atoms. The fourth-order valence-corrected chi connectivity index (χ4v) is 3.32. The Bertz CT molecular complexity index is 793. The van der Waals surface area contributed by atoms with E-state index in [1.807, 2.05) is 12.1 Å². The Morgan fingerprint density at radius 2 is 2.19 bits per heavy atom. The topological polar surface area (TPSA) is 87.8 Å². The molecule has 0 aliphatic rings. The van der Waals surface area contributed by atoms with Gasteiger partial charge in [-0.25, -0.2) is 13.1 Å². The summed E-state index contributed by atoms with van der Waals surface area (Å²) in [6.07, 6.45) is 2.26. The number of aromatic nitrogens is 2. The fourth-order valence-electron chi connectivity index (χ4n) is 1.77. The van der Waals surface area contributed by atoms with Gasteiger partial charge in [-0.15, -0.1) is 0 Å². The number of rotatable bonds is 5. The lowest BCUT2D eigenvalue weighted by atomic mass is 10.2. The zero-order valence-corrected chi connectivity index (χ0v) is 12.8. The summed E-state index contributed by atoms with van der Waals surface area (Å²) in [6.45, 7) is 0.201. The minimum absolute atomic E-state index is 0.0827. The maximum absolute atomic E-state index is 12.2. The predicted octanol–water partition coefficient (Wildman–Crippen LogP) is 1.47. The van der Waals surface area contributed by atoms with Crippen LogP contribution in [-0.2, 0) is 23.5 Å². The van der Waals surface area contributed by atoms with Crippen LogP contribution in [0.2, 0.25) is 5.02 Å². The Hall–Kier alpha value is -1.88. The molecule has 0 unspecified atom stereocenters. The summed E-state index contributed by atoms with van der Waals surface area (Å²) >= 11 is 5.89. The Labute approximate surface area is 128 Å². The lowest BCUT2D eigenvalue weighted by molar-refractivity contribution is 0.581. The van der Waals surface area contributed by atoms with Crippen LogP contribution >= 0.6 is 11.6 Å². The van der Waals surface area contributed by atoms with Gasteiger partial charge in [0.05, 0.1) is 22.3 Å². The van der Waals surface area contributed by atoms with Gasteiger partial charge < -0.3 is 0 Å². The summed E-state index contributed by atoms with van der Waals surface area (Å²) in [4.78, 5) is -0.0933. The molecule has 0 aliphatic carbocycles. The lowest BCUT2D eigenvalue weighted by Crippen LogP contribution is -2.26. The number of halogens is 1. The molecular formula is C13H13ClN4O2S.